The lowest BCUT2D eigenvalue weighted by Crippen LogP contribution is -2.23. The summed E-state index contributed by atoms with van der Waals surface area (Å²) < 4.78 is 8.24. The van der Waals surface area contributed by atoms with Gasteiger partial charge in [0.05, 0.1) is 17.6 Å². The molecule has 1 heterocycles. The van der Waals surface area contributed by atoms with Gasteiger partial charge in [0.15, 0.2) is 0 Å². The molecule has 0 saturated heterocycles. The van der Waals surface area contributed by atoms with Crippen molar-refractivity contribution in [2.24, 2.45) is 0 Å². The number of amides is 1. The Bertz CT molecular complexity index is 1000. The molecule has 1 aromatic heterocycles. The molecule has 0 atom stereocenters. The predicted octanol–water partition coefficient (Wildman–Crippen LogP) is 5.71. The molecule has 31 heavy (non-hydrogen) atoms. The molecule has 6 heteroatoms. The first-order valence-electron chi connectivity index (χ1n) is 11.2. The zero-order valence-electron chi connectivity index (χ0n) is 18.5. The van der Waals surface area contributed by atoms with E-state index in [1.54, 1.807) is 0 Å². The summed E-state index contributed by atoms with van der Waals surface area (Å²) >= 11 is 6.10. The third-order valence-electron chi connectivity index (χ3n) is 5.32. The number of nitrogens with one attached hydrogen (secondary N) is 1. The normalized spacial score (nSPS) is 11.1. The van der Waals surface area contributed by atoms with Crippen LogP contribution in [0.2, 0.25) is 5.02 Å². The van der Waals surface area contributed by atoms with E-state index >= 15 is 0 Å². The van der Waals surface area contributed by atoms with Crippen LogP contribution in [0.15, 0.2) is 42.5 Å². The van der Waals surface area contributed by atoms with Crippen LogP contribution in [-0.4, -0.2) is 28.6 Å². The van der Waals surface area contributed by atoms with Crippen molar-refractivity contribution in [3.8, 4) is 5.75 Å². The first-order chi connectivity index (χ1) is 15.1. The van der Waals surface area contributed by atoms with Crippen molar-refractivity contribution in [3.63, 3.8) is 0 Å². The highest BCUT2D eigenvalue weighted by molar-refractivity contribution is 6.31. The molecule has 0 saturated carbocycles. The molecule has 3 rings (SSSR count). The summed E-state index contributed by atoms with van der Waals surface area (Å²) in [5, 5.41) is 3.73. The number of benzene rings is 2. The van der Waals surface area contributed by atoms with Gasteiger partial charge in [-0.25, -0.2) is 4.98 Å². The molecule has 0 bridgehead atoms. The number of aromatic nitrogens is 2. The van der Waals surface area contributed by atoms with Crippen molar-refractivity contribution < 1.29 is 9.53 Å². The Hall–Kier alpha value is -2.53. The van der Waals surface area contributed by atoms with E-state index in [0.29, 0.717) is 13.0 Å². The summed E-state index contributed by atoms with van der Waals surface area (Å²) in [6.45, 7) is 6.06. The zero-order chi connectivity index (χ0) is 22.1. The van der Waals surface area contributed by atoms with E-state index in [1.807, 2.05) is 44.2 Å². The third-order valence-corrected chi connectivity index (χ3v) is 5.75. The number of rotatable bonds is 12. The molecular formula is C25H32ClN3O2. The third kappa shape index (κ3) is 6.73. The minimum Gasteiger partial charge on any atom is -0.492 e. The van der Waals surface area contributed by atoms with Gasteiger partial charge in [0.25, 0.3) is 0 Å². The topological polar surface area (TPSA) is 56.2 Å². The number of halogens is 1. The van der Waals surface area contributed by atoms with E-state index in [0.717, 1.165) is 78.4 Å². The molecule has 1 amide bonds. The summed E-state index contributed by atoms with van der Waals surface area (Å²) in [6, 6.07) is 14.0. The number of nitrogens with zero attached hydrogens (tertiary/aromatic N) is 2. The van der Waals surface area contributed by atoms with E-state index in [1.165, 1.54) is 0 Å². The van der Waals surface area contributed by atoms with E-state index in [-0.39, 0.29) is 5.91 Å². The van der Waals surface area contributed by atoms with Crippen molar-refractivity contribution in [2.75, 3.05) is 13.2 Å². The van der Waals surface area contributed by atoms with Crippen molar-refractivity contribution in [3.05, 3.63) is 58.9 Å². The maximum absolute atomic E-state index is 11.5. The number of fused-ring (bicyclic) bond motifs is 1. The molecule has 0 unspecified atom stereocenters. The van der Waals surface area contributed by atoms with Gasteiger partial charge in [0, 0.05) is 24.4 Å². The standard InChI is InChI=1S/C25H32ClN3O2/c1-3-9-25(30)27-15-8-4-5-12-24-28-22-10-6-7-11-23(22)29(24)16-17-31-20-13-14-21(26)19(2)18-20/h6-7,10-11,13-14,18H,3-5,8-9,12,15-17H2,1-2H3,(H,27,30). The molecule has 2 aromatic carbocycles. The summed E-state index contributed by atoms with van der Waals surface area (Å²) in [7, 11) is 0. The number of carbonyl (C=O) groups is 1. The summed E-state index contributed by atoms with van der Waals surface area (Å²) in [5.41, 5.74) is 3.17. The fraction of sp³-hybridized carbons (Fsp3) is 0.440. The highest BCUT2D eigenvalue weighted by Gasteiger charge is 2.10. The number of hydrogen-bond donors (Lipinski definition) is 1. The predicted molar refractivity (Wildman–Crippen MR) is 127 cm³/mol. The van der Waals surface area contributed by atoms with E-state index in [4.69, 9.17) is 21.3 Å². The van der Waals surface area contributed by atoms with Crippen LogP contribution in [0.25, 0.3) is 11.0 Å². The van der Waals surface area contributed by atoms with E-state index in [2.05, 4.69) is 22.0 Å². The lowest BCUT2D eigenvalue weighted by Gasteiger charge is -2.12. The van der Waals surface area contributed by atoms with Crippen LogP contribution in [0.1, 0.15) is 50.4 Å². The largest absolute Gasteiger partial charge is 0.492 e. The highest BCUT2D eigenvalue weighted by atomic mass is 35.5. The summed E-state index contributed by atoms with van der Waals surface area (Å²) in [4.78, 5) is 16.4. The van der Waals surface area contributed by atoms with Gasteiger partial charge < -0.3 is 14.6 Å². The minimum absolute atomic E-state index is 0.153. The van der Waals surface area contributed by atoms with Gasteiger partial charge in [-0.05, 0) is 62.1 Å². The number of aryl methyl sites for hydroxylation is 2. The van der Waals surface area contributed by atoms with Crippen molar-refractivity contribution in [1.29, 1.82) is 0 Å². The smallest absolute Gasteiger partial charge is 0.219 e. The molecule has 3 aromatic rings. The second kappa shape index (κ2) is 11.8. The van der Waals surface area contributed by atoms with Crippen molar-refractivity contribution in [1.82, 2.24) is 14.9 Å². The van der Waals surface area contributed by atoms with Gasteiger partial charge in [-0.3, -0.25) is 4.79 Å². The number of imidazole rings is 1. The molecule has 0 aliphatic carbocycles. The fourth-order valence-electron chi connectivity index (χ4n) is 3.66. The van der Waals surface area contributed by atoms with Gasteiger partial charge in [-0.2, -0.15) is 0 Å². The molecule has 0 radical (unpaired) electrons. The number of hydrogen-bond acceptors (Lipinski definition) is 3. The Morgan fingerprint density at radius 1 is 1.16 bits per heavy atom. The molecule has 0 aliphatic heterocycles. The van der Waals surface area contributed by atoms with E-state index in [9.17, 15) is 4.79 Å². The Kier molecular flexibility index (Phi) is 8.77. The minimum atomic E-state index is 0.153. The Morgan fingerprint density at radius 2 is 2.00 bits per heavy atom. The second-order valence-corrected chi connectivity index (χ2v) is 8.25. The number of unbranched alkanes of at least 4 members (excludes halogenated alkanes) is 2. The SMILES string of the molecule is CCCC(=O)NCCCCCc1nc2ccccc2n1CCOc1ccc(Cl)c(C)c1. The van der Waals surface area contributed by atoms with Crippen LogP contribution in [0.4, 0.5) is 0 Å². The Balaban J connectivity index is 1.54. The van der Waals surface area contributed by atoms with Crippen LogP contribution < -0.4 is 10.1 Å². The first kappa shape index (κ1) is 23.1. The van der Waals surface area contributed by atoms with Crippen LogP contribution in [0.5, 0.6) is 5.75 Å². The molecule has 1 N–H and O–H groups in total. The van der Waals surface area contributed by atoms with Crippen LogP contribution in [0, 0.1) is 6.92 Å². The first-order valence-corrected chi connectivity index (χ1v) is 11.6. The van der Waals surface area contributed by atoms with Gasteiger partial charge in [0.2, 0.25) is 5.91 Å². The lowest BCUT2D eigenvalue weighted by atomic mass is 10.2. The van der Waals surface area contributed by atoms with Crippen LogP contribution in [0.3, 0.4) is 0 Å². The van der Waals surface area contributed by atoms with Crippen LogP contribution >= 0.6 is 11.6 Å². The molecule has 166 valence electrons. The maximum atomic E-state index is 11.5. The molecular weight excluding hydrogens is 410 g/mol. The number of para-hydroxylation sites is 2. The Morgan fingerprint density at radius 3 is 2.81 bits per heavy atom. The average Bonchev–Trinajstić information content (AvgIpc) is 3.11. The fourth-order valence-corrected chi connectivity index (χ4v) is 3.77. The second-order valence-electron chi connectivity index (χ2n) is 7.84. The van der Waals surface area contributed by atoms with Gasteiger partial charge in [-0.15, -0.1) is 0 Å². The van der Waals surface area contributed by atoms with E-state index < -0.39 is 0 Å². The summed E-state index contributed by atoms with van der Waals surface area (Å²) in [5.74, 6) is 2.07. The molecule has 0 fully saturated rings. The van der Waals surface area contributed by atoms with Crippen molar-refractivity contribution in [2.45, 2.75) is 58.9 Å². The molecule has 5 nitrogen and oxygen atoms in total. The number of carbonyl (C=O) groups excluding carboxylic acids is 1. The Labute approximate surface area is 189 Å². The lowest BCUT2D eigenvalue weighted by molar-refractivity contribution is -0.121. The van der Waals surface area contributed by atoms with Crippen molar-refractivity contribution >= 4 is 28.5 Å². The van der Waals surface area contributed by atoms with Gasteiger partial charge in [-0.1, -0.05) is 37.1 Å². The average molecular weight is 442 g/mol. The molecule has 0 aliphatic rings. The highest BCUT2D eigenvalue weighted by Crippen LogP contribution is 2.22. The molecule has 0 spiro atoms. The number of ether oxygens (including phenoxy) is 1. The van der Waals surface area contributed by atoms with Crippen LogP contribution in [-0.2, 0) is 17.8 Å². The zero-order valence-corrected chi connectivity index (χ0v) is 19.3. The monoisotopic (exact) mass is 441 g/mol. The maximum Gasteiger partial charge on any atom is 0.219 e. The van der Waals surface area contributed by atoms with Gasteiger partial charge >= 0.3 is 0 Å². The quantitative estimate of drug-likeness (QED) is 0.366. The van der Waals surface area contributed by atoms with Gasteiger partial charge in [0.1, 0.15) is 18.2 Å². The summed E-state index contributed by atoms with van der Waals surface area (Å²) in [6.07, 6.45) is 5.53.